The fourth-order valence-electron chi connectivity index (χ4n) is 3.71. The molecule has 1 heterocycles. The highest BCUT2D eigenvalue weighted by Gasteiger charge is 2.24. The molecule has 1 fully saturated rings. The Balaban J connectivity index is 1.49. The van der Waals surface area contributed by atoms with Crippen LogP contribution in [0.4, 0.5) is 4.79 Å². The number of H-pyrrole nitrogens is 1. The van der Waals surface area contributed by atoms with Gasteiger partial charge in [-0.05, 0) is 70.4 Å². The summed E-state index contributed by atoms with van der Waals surface area (Å²) in [4.78, 5) is 26.9. The van der Waals surface area contributed by atoms with E-state index in [1.807, 2.05) is 49.6 Å². The number of para-hydroxylation sites is 2. The number of aromatic amines is 1. The number of fused-ring (bicyclic) bond motifs is 1. The largest absolute Gasteiger partial charge is 0.444 e. The van der Waals surface area contributed by atoms with Crippen molar-refractivity contribution in [2.45, 2.75) is 58.6 Å². The van der Waals surface area contributed by atoms with Crippen molar-refractivity contribution in [3.05, 3.63) is 34.7 Å². The second-order valence-electron chi connectivity index (χ2n) is 8.33. The van der Waals surface area contributed by atoms with Crippen LogP contribution in [0.5, 0.6) is 0 Å². The van der Waals surface area contributed by atoms with Gasteiger partial charge in [-0.2, -0.15) is 0 Å². The lowest BCUT2D eigenvalue weighted by atomic mass is 9.82. The molecule has 1 aromatic carbocycles. The third-order valence-corrected chi connectivity index (χ3v) is 5.02. The van der Waals surface area contributed by atoms with Gasteiger partial charge in [0.2, 0.25) is 0 Å². The van der Waals surface area contributed by atoms with E-state index in [0.29, 0.717) is 18.4 Å². The van der Waals surface area contributed by atoms with Gasteiger partial charge in [0.25, 0.3) is 0 Å². The number of hydrogen-bond acceptors (Lipinski definition) is 3. The van der Waals surface area contributed by atoms with E-state index in [2.05, 4.69) is 10.3 Å². The summed E-state index contributed by atoms with van der Waals surface area (Å²) in [6.07, 6.45) is 3.94. The minimum Gasteiger partial charge on any atom is -0.444 e. The van der Waals surface area contributed by atoms with Gasteiger partial charge in [-0.15, -0.1) is 0 Å². The first kappa shape index (κ1) is 18.5. The van der Waals surface area contributed by atoms with Crippen molar-refractivity contribution >= 4 is 17.1 Å². The number of imidazole rings is 1. The summed E-state index contributed by atoms with van der Waals surface area (Å²) < 4.78 is 7.14. The molecule has 2 N–H and O–H groups in total. The molecule has 142 valence electrons. The predicted octanol–water partition coefficient (Wildman–Crippen LogP) is 3.66. The standard InChI is InChI=1S/C20H29N3O3/c1-20(2,3)26-19(25)21-12-14-8-10-15(11-9-14)13-23-17-7-5-4-6-16(17)22-18(23)24/h4-7,14-15H,8-13H2,1-3H3,(H,21,25)(H,22,24)/t14-,15-. The first-order chi connectivity index (χ1) is 12.3. The third kappa shape index (κ3) is 4.68. The average Bonchev–Trinajstić information content (AvgIpc) is 2.88. The highest BCUT2D eigenvalue weighted by atomic mass is 16.6. The number of benzene rings is 1. The number of ether oxygens (including phenoxy) is 1. The number of carbonyl (C=O) groups excluding carboxylic acids is 1. The number of nitrogens with zero attached hydrogens (tertiary/aromatic N) is 1. The maximum Gasteiger partial charge on any atom is 0.407 e. The summed E-state index contributed by atoms with van der Waals surface area (Å²) in [5, 5.41) is 2.88. The number of hydrogen-bond donors (Lipinski definition) is 2. The number of aromatic nitrogens is 2. The molecule has 0 saturated heterocycles. The van der Waals surface area contributed by atoms with Gasteiger partial charge in [-0.1, -0.05) is 12.1 Å². The zero-order valence-electron chi connectivity index (χ0n) is 15.9. The highest BCUT2D eigenvalue weighted by Crippen LogP contribution is 2.30. The fourth-order valence-corrected chi connectivity index (χ4v) is 3.71. The van der Waals surface area contributed by atoms with Gasteiger partial charge < -0.3 is 15.0 Å². The minimum absolute atomic E-state index is 0.0279. The van der Waals surface area contributed by atoms with E-state index in [1.54, 1.807) is 0 Å². The lowest BCUT2D eigenvalue weighted by molar-refractivity contribution is 0.0513. The molecule has 1 aliphatic carbocycles. The Bertz CT molecular complexity index is 808. The van der Waals surface area contributed by atoms with Crippen LogP contribution in [0.1, 0.15) is 46.5 Å². The monoisotopic (exact) mass is 359 g/mol. The maximum absolute atomic E-state index is 12.2. The highest BCUT2D eigenvalue weighted by molar-refractivity contribution is 5.74. The van der Waals surface area contributed by atoms with Crippen molar-refractivity contribution in [2.75, 3.05) is 6.54 Å². The quantitative estimate of drug-likeness (QED) is 0.875. The third-order valence-electron chi connectivity index (χ3n) is 5.02. The number of alkyl carbamates (subject to hydrolysis) is 1. The second-order valence-corrected chi connectivity index (χ2v) is 8.33. The van der Waals surface area contributed by atoms with Gasteiger partial charge in [-0.3, -0.25) is 4.57 Å². The minimum atomic E-state index is -0.464. The summed E-state index contributed by atoms with van der Waals surface area (Å²) >= 11 is 0. The first-order valence-corrected chi connectivity index (χ1v) is 9.46. The molecule has 0 aliphatic heterocycles. The van der Waals surface area contributed by atoms with Crippen molar-refractivity contribution in [3.63, 3.8) is 0 Å². The molecule has 0 radical (unpaired) electrons. The van der Waals surface area contributed by atoms with Crippen molar-refractivity contribution in [3.8, 4) is 0 Å². The van der Waals surface area contributed by atoms with Crippen LogP contribution in [-0.2, 0) is 11.3 Å². The van der Waals surface area contributed by atoms with E-state index < -0.39 is 5.60 Å². The van der Waals surface area contributed by atoms with E-state index in [-0.39, 0.29) is 11.8 Å². The van der Waals surface area contributed by atoms with E-state index in [4.69, 9.17) is 4.74 Å². The summed E-state index contributed by atoms with van der Waals surface area (Å²) in [5.74, 6) is 0.989. The van der Waals surface area contributed by atoms with Crippen LogP contribution in [0.3, 0.4) is 0 Å². The maximum atomic E-state index is 12.2. The van der Waals surface area contributed by atoms with E-state index in [0.717, 1.165) is 43.3 Å². The second kappa shape index (κ2) is 7.56. The van der Waals surface area contributed by atoms with E-state index in [9.17, 15) is 9.59 Å². The van der Waals surface area contributed by atoms with Gasteiger partial charge in [0.15, 0.2) is 0 Å². The zero-order valence-corrected chi connectivity index (χ0v) is 15.9. The Morgan fingerprint density at radius 2 is 1.85 bits per heavy atom. The normalized spacial score (nSPS) is 20.9. The lowest BCUT2D eigenvalue weighted by Crippen LogP contribution is -2.36. The van der Waals surface area contributed by atoms with Gasteiger partial charge >= 0.3 is 11.8 Å². The molecule has 1 aliphatic rings. The Hall–Kier alpha value is -2.24. The van der Waals surface area contributed by atoms with Gasteiger partial charge in [0.05, 0.1) is 11.0 Å². The Kier molecular flexibility index (Phi) is 5.39. The SMILES string of the molecule is CC(C)(C)OC(=O)NC[C@H]1CC[C@H](Cn2c(=O)[nH]c3ccccc32)CC1. The fraction of sp³-hybridized carbons (Fsp3) is 0.600. The molecule has 6 heteroatoms. The number of amides is 1. The van der Waals surface area contributed by atoms with Crippen LogP contribution in [-0.4, -0.2) is 27.8 Å². The summed E-state index contributed by atoms with van der Waals surface area (Å²) in [6, 6.07) is 7.83. The molecule has 2 aromatic rings. The molecule has 0 spiro atoms. The molecule has 1 aromatic heterocycles. The van der Waals surface area contributed by atoms with Crippen LogP contribution in [0, 0.1) is 11.8 Å². The summed E-state index contributed by atoms with van der Waals surface area (Å²) in [7, 11) is 0. The van der Waals surface area contributed by atoms with Crippen molar-refractivity contribution in [1.82, 2.24) is 14.9 Å². The molecule has 0 atom stereocenters. The van der Waals surface area contributed by atoms with Crippen LogP contribution >= 0.6 is 0 Å². The molecule has 6 nitrogen and oxygen atoms in total. The average molecular weight is 359 g/mol. The molecule has 26 heavy (non-hydrogen) atoms. The lowest BCUT2D eigenvalue weighted by Gasteiger charge is -2.29. The molecule has 0 unspecified atom stereocenters. The van der Waals surface area contributed by atoms with Crippen LogP contribution in [0.15, 0.2) is 29.1 Å². The Morgan fingerprint density at radius 3 is 2.54 bits per heavy atom. The number of carbonyl (C=O) groups is 1. The molecular weight excluding hydrogens is 330 g/mol. The smallest absolute Gasteiger partial charge is 0.407 e. The molecule has 0 bridgehead atoms. The number of nitrogens with one attached hydrogen (secondary N) is 2. The summed E-state index contributed by atoms with van der Waals surface area (Å²) in [6.45, 7) is 7.02. The van der Waals surface area contributed by atoms with Crippen molar-refractivity contribution < 1.29 is 9.53 Å². The van der Waals surface area contributed by atoms with E-state index >= 15 is 0 Å². The van der Waals surface area contributed by atoms with Crippen LogP contribution in [0.2, 0.25) is 0 Å². The van der Waals surface area contributed by atoms with Gasteiger partial charge in [0.1, 0.15) is 5.60 Å². The van der Waals surface area contributed by atoms with Crippen LogP contribution < -0.4 is 11.0 Å². The van der Waals surface area contributed by atoms with E-state index in [1.165, 1.54) is 0 Å². The van der Waals surface area contributed by atoms with Gasteiger partial charge in [0, 0.05) is 13.1 Å². The van der Waals surface area contributed by atoms with Crippen molar-refractivity contribution in [2.24, 2.45) is 11.8 Å². The zero-order chi connectivity index (χ0) is 18.7. The molecular formula is C20H29N3O3. The predicted molar refractivity (Wildman–Crippen MR) is 102 cm³/mol. The summed E-state index contributed by atoms with van der Waals surface area (Å²) in [5.41, 5.74) is 1.38. The molecule has 1 saturated carbocycles. The van der Waals surface area contributed by atoms with Gasteiger partial charge in [-0.25, -0.2) is 9.59 Å². The van der Waals surface area contributed by atoms with Crippen LogP contribution in [0.25, 0.3) is 11.0 Å². The topological polar surface area (TPSA) is 76.1 Å². The first-order valence-electron chi connectivity index (χ1n) is 9.46. The van der Waals surface area contributed by atoms with Crippen molar-refractivity contribution in [1.29, 1.82) is 0 Å². The Labute approximate surface area is 153 Å². The molecule has 1 amide bonds. The number of rotatable bonds is 4. The Morgan fingerprint density at radius 1 is 1.19 bits per heavy atom. The molecule has 3 rings (SSSR count).